The molecule has 0 fully saturated rings. The van der Waals surface area contributed by atoms with Gasteiger partial charge in [0.1, 0.15) is 6.33 Å². The summed E-state index contributed by atoms with van der Waals surface area (Å²) in [4.78, 5) is 11.2. The van der Waals surface area contributed by atoms with Crippen molar-refractivity contribution in [3.05, 3.63) is 48.8 Å². The maximum absolute atomic E-state index is 4.79. The summed E-state index contributed by atoms with van der Waals surface area (Å²) in [6.07, 6.45) is 8.19. The molecule has 1 aromatic heterocycles. The molecule has 0 spiro atoms. The van der Waals surface area contributed by atoms with Gasteiger partial charge in [0.25, 0.3) is 0 Å². The van der Waals surface area contributed by atoms with Gasteiger partial charge in [-0.15, -0.1) is 30.6 Å². The van der Waals surface area contributed by atoms with Crippen LogP contribution in [-0.2, 0) is 6.54 Å². The molecule has 7 heteroatoms. The van der Waals surface area contributed by atoms with Gasteiger partial charge in [-0.3, -0.25) is 5.10 Å². The first-order valence-corrected chi connectivity index (χ1v) is 9.29. The maximum atomic E-state index is 4.79. The second kappa shape index (κ2) is 13.3. The summed E-state index contributed by atoms with van der Waals surface area (Å²) in [5.41, 5.74) is 2.17. The zero-order valence-corrected chi connectivity index (χ0v) is 18.6. The van der Waals surface area contributed by atoms with Crippen molar-refractivity contribution in [2.24, 2.45) is 4.99 Å². The second-order valence-corrected chi connectivity index (χ2v) is 6.26. The zero-order valence-electron chi connectivity index (χ0n) is 16.3. The van der Waals surface area contributed by atoms with Crippen molar-refractivity contribution in [1.29, 1.82) is 0 Å². The van der Waals surface area contributed by atoms with Crippen LogP contribution in [0.3, 0.4) is 0 Å². The van der Waals surface area contributed by atoms with E-state index in [-0.39, 0.29) is 24.0 Å². The molecule has 0 saturated heterocycles. The third kappa shape index (κ3) is 8.11. The highest BCUT2D eigenvalue weighted by molar-refractivity contribution is 14.0. The van der Waals surface area contributed by atoms with Crippen LogP contribution in [-0.4, -0.2) is 46.2 Å². The van der Waals surface area contributed by atoms with Crippen molar-refractivity contribution in [1.82, 2.24) is 25.4 Å². The lowest BCUT2D eigenvalue weighted by molar-refractivity contribution is 0.455. The van der Waals surface area contributed by atoms with E-state index in [4.69, 9.17) is 4.99 Å². The first kappa shape index (κ1) is 23.1. The zero-order chi connectivity index (χ0) is 18.6. The van der Waals surface area contributed by atoms with E-state index in [1.165, 1.54) is 19.2 Å². The Morgan fingerprint density at radius 3 is 2.89 bits per heavy atom. The van der Waals surface area contributed by atoms with Crippen LogP contribution < -0.4 is 5.32 Å². The summed E-state index contributed by atoms with van der Waals surface area (Å²) < 4.78 is 0. The van der Waals surface area contributed by atoms with Gasteiger partial charge in [-0.05, 0) is 37.8 Å². The quantitative estimate of drug-likeness (QED) is 0.175. The van der Waals surface area contributed by atoms with Gasteiger partial charge in [-0.1, -0.05) is 30.7 Å². The lowest BCUT2D eigenvalue weighted by Crippen LogP contribution is -2.39. The van der Waals surface area contributed by atoms with Gasteiger partial charge in [-0.25, -0.2) is 9.98 Å². The lowest BCUT2D eigenvalue weighted by atomic mass is 10.1. The number of aliphatic imine (C=N–C) groups is 1. The van der Waals surface area contributed by atoms with Crippen molar-refractivity contribution in [2.75, 3.05) is 20.1 Å². The van der Waals surface area contributed by atoms with E-state index in [1.54, 1.807) is 0 Å². The van der Waals surface area contributed by atoms with E-state index in [2.05, 4.69) is 58.1 Å². The van der Waals surface area contributed by atoms with E-state index in [1.807, 2.05) is 18.2 Å². The molecule has 0 unspecified atom stereocenters. The van der Waals surface area contributed by atoms with Crippen molar-refractivity contribution < 1.29 is 0 Å². The molecule has 0 aliphatic carbocycles. The fraction of sp³-hybridized carbons (Fsp3) is 0.450. The van der Waals surface area contributed by atoms with E-state index in [0.29, 0.717) is 6.54 Å². The third-order valence-corrected chi connectivity index (χ3v) is 4.13. The molecule has 2 rings (SSSR count). The predicted molar refractivity (Wildman–Crippen MR) is 123 cm³/mol. The molecule has 1 aromatic carbocycles. The van der Waals surface area contributed by atoms with Gasteiger partial charge >= 0.3 is 0 Å². The molecule has 0 amide bonds. The van der Waals surface area contributed by atoms with Crippen LogP contribution in [0.15, 0.2) is 48.2 Å². The Morgan fingerprint density at radius 2 is 2.19 bits per heavy atom. The molecule has 148 valence electrons. The number of hydrogen-bond acceptors (Lipinski definition) is 3. The second-order valence-electron chi connectivity index (χ2n) is 6.26. The molecule has 0 radical (unpaired) electrons. The minimum absolute atomic E-state index is 0. The Bertz CT molecular complexity index is 684. The number of rotatable bonds is 10. The fourth-order valence-electron chi connectivity index (χ4n) is 2.72. The minimum atomic E-state index is 0. The topological polar surface area (TPSA) is 69.2 Å². The van der Waals surface area contributed by atoms with E-state index >= 15 is 0 Å². The van der Waals surface area contributed by atoms with Gasteiger partial charge < -0.3 is 10.2 Å². The van der Waals surface area contributed by atoms with E-state index < -0.39 is 0 Å². The van der Waals surface area contributed by atoms with Crippen LogP contribution in [0, 0.1) is 0 Å². The molecule has 2 aromatic rings. The highest BCUT2D eigenvalue weighted by Crippen LogP contribution is 2.16. The molecule has 0 aliphatic heterocycles. The SMILES string of the molecule is C=CCCCCCN(C)C(=NCc1cccc(-c2ncn[nH]2)c1)NCC.I. The van der Waals surface area contributed by atoms with Crippen LogP contribution in [0.4, 0.5) is 0 Å². The number of allylic oxidation sites excluding steroid dienone is 1. The normalized spacial score (nSPS) is 11.0. The fourth-order valence-corrected chi connectivity index (χ4v) is 2.72. The monoisotopic (exact) mass is 482 g/mol. The van der Waals surface area contributed by atoms with Gasteiger partial charge in [-0.2, -0.15) is 5.10 Å². The molecule has 0 atom stereocenters. The van der Waals surface area contributed by atoms with Crippen LogP contribution in [0.25, 0.3) is 11.4 Å². The summed E-state index contributed by atoms with van der Waals surface area (Å²) in [6, 6.07) is 8.23. The van der Waals surface area contributed by atoms with Gasteiger partial charge in [0, 0.05) is 25.7 Å². The number of unbranched alkanes of at least 4 members (excludes halogenated alkanes) is 3. The highest BCUT2D eigenvalue weighted by Gasteiger charge is 2.06. The molecule has 0 bridgehead atoms. The number of benzene rings is 1. The van der Waals surface area contributed by atoms with Crippen LogP contribution in [0.2, 0.25) is 0 Å². The maximum Gasteiger partial charge on any atom is 0.193 e. The predicted octanol–water partition coefficient (Wildman–Crippen LogP) is 4.23. The van der Waals surface area contributed by atoms with E-state index in [9.17, 15) is 0 Å². The van der Waals surface area contributed by atoms with Crippen molar-refractivity contribution in [3.63, 3.8) is 0 Å². The highest BCUT2D eigenvalue weighted by atomic mass is 127. The average Bonchev–Trinajstić information content (AvgIpc) is 3.20. The number of nitrogens with one attached hydrogen (secondary N) is 2. The largest absolute Gasteiger partial charge is 0.357 e. The molecule has 0 aliphatic rings. The number of aromatic amines is 1. The molecule has 2 N–H and O–H groups in total. The number of nitrogens with zero attached hydrogens (tertiary/aromatic N) is 4. The number of halogens is 1. The number of aromatic nitrogens is 3. The number of hydrogen-bond donors (Lipinski definition) is 2. The molecule has 0 saturated carbocycles. The van der Waals surface area contributed by atoms with Gasteiger partial charge in [0.15, 0.2) is 11.8 Å². The Morgan fingerprint density at radius 1 is 1.33 bits per heavy atom. The molecular weight excluding hydrogens is 451 g/mol. The Balaban J connectivity index is 0.00000364. The number of guanidine groups is 1. The van der Waals surface area contributed by atoms with Crippen molar-refractivity contribution in [2.45, 2.75) is 39.2 Å². The summed E-state index contributed by atoms with van der Waals surface area (Å²) in [7, 11) is 2.10. The summed E-state index contributed by atoms with van der Waals surface area (Å²) >= 11 is 0. The Kier molecular flexibility index (Phi) is 11.4. The van der Waals surface area contributed by atoms with Crippen molar-refractivity contribution in [3.8, 4) is 11.4 Å². The van der Waals surface area contributed by atoms with Gasteiger partial charge in [0.2, 0.25) is 0 Å². The standard InChI is InChI=1S/C20H30N6.HI/c1-4-6-7-8-9-13-26(3)20(21-5-2)22-15-17-11-10-12-18(14-17)19-23-16-24-25-19;/h4,10-12,14,16H,1,5-9,13,15H2,2-3H3,(H,21,22)(H,23,24,25);1H. The minimum Gasteiger partial charge on any atom is -0.357 e. The van der Waals surface area contributed by atoms with Crippen LogP contribution >= 0.6 is 24.0 Å². The number of H-pyrrole nitrogens is 1. The third-order valence-electron chi connectivity index (χ3n) is 4.13. The Labute approximate surface area is 179 Å². The van der Waals surface area contributed by atoms with Crippen molar-refractivity contribution >= 4 is 29.9 Å². The first-order valence-electron chi connectivity index (χ1n) is 9.29. The Hall–Kier alpha value is -1.90. The molecular formula is C20H31IN6. The average molecular weight is 482 g/mol. The smallest absolute Gasteiger partial charge is 0.193 e. The molecule has 6 nitrogen and oxygen atoms in total. The van der Waals surface area contributed by atoms with Crippen LogP contribution in [0.1, 0.15) is 38.2 Å². The summed E-state index contributed by atoms with van der Waals surface area (Å²) in [5, 5.41) is 10.2. The van der Waals surface area contributed by atoms with Crippen LogP contribution in [0.5, 0.6) is 0 Å². The van der Waals surface area contributed by atoms with E-state index in [0.717, 1.165) is 48.8 Å². The first-order chi connectivity index (χ1) is 12.7. The molecule has 1 heterocycles. The summed E-state index contributed by atoms with van der Waals surface area (Å²) in [5.74, 6) is 1.72. The summed E-state index contributed by atoms with van der Waals surface area (Å²) in [6.45, 7) is 8.36. The van der Waals surface area contributed by atoms with Gasteiger partial charge in [0.05, 0.1) is 6.54 Å². The lowest BCUT2D eigenvalue weighted by Gasteiger charge is -2.22. The molecule has 27 heavy (non-hydrogen) atoms.